The minimum absolute atomic E-state index is 0.290. The van der Waals surface area contributed by atoms with E-state index in [0.29, 0.717) is 16.5 Å². The van der Waals surface area contributed by atoms with Crippen LogP contribution in [0.2, 0.25) is 0 Å². The van der Waals surface area contributed by atoms with E-state index in [4.69, 9.17) is 15.7 Å². The Hall–Kier alpha value is -2.99. The first-order valence-corrected chi connectivity index (χ1v) is 8.34. The number of aromatic amines is 1. The first-order valence-electron chi connectivity index (χ1n) is 8.34. The van der Waals surface area contributed by atoms with Gasteiger partial charge in [0, 0.05) is 18.0 Å². The zero-order valence-electron chi connectivity index (χ0n) is 14.5. The van der Waals surface area contributed by atoms with Crippen molar-refractivity contribution >= 4 is 16.7 Å². The fourth-order valence-electron chi connectivity index (χ4n) is 3.11. The van der Waals surface area contributed by atoms with Crippen molar-refractivity contribution in [2.75, 3.05) is 6.54 Å². The molecule has 0 aliphatic carbocycles. The van der Waals surface area contributed by atoms with Gasteiger partial charge in [0.2, 0.25) is 5.91 Å². The number of hydrogen-bond acceptors (Lipinski definition) is 5. The average molecular weight is 376 g/mol. The van der Waals surface area contributed by atoms with E-state index in [9.17, 15) is 18.4 Å². The second-order valence-corrected chi connectivity index (χ2v) is 6.55. The monoisotopic (exact) mass is 376 g/mol. The van der Waals surface area contributed by atoms with Crippen molar-refractivity contribution in [3.05, 3.63) is 40.8 Å². The molecule has 142 valence electrons. The number of pyridine rings is 1. The third-order valence-corrected chi connectivity index (χ3v) is 4.58. The Morgan fingerprint density at radius 3 is 2.78 bits per heavy atom. The lowest BCUT2D eigenvalue weighted by Crippen LogP contribution is -2.52. The van der Waals surface area contributed by atoms with Crippen LogP contribution in [0.25, 0.3) is 10.8 Å². The lowest BCUT2D eigenvalue weighted by atomic mass is 10.1. The number of carbonyl (C=O) groups is 1. The number of carbonyl (C=O) groups excluding carboxylic acids is 1. The molecular weight excluding hydrogens is 358 g/mol. The molecule has 0 bridgehead atoms. The summed E-state index contributed by atoms with van der Waals surface area (Å²) in [4.78, 5) is 27.7. The van der Waals surface area contributed by atoms with Gasteiger partial charge in [-0.15, -0.1) is 0 Å². The number of benzene rings is 1. The molecular formula is C18H18F2N4O3. The highest BCUT2D eigenvalue weighted by molar-refractivity contribution is 5.87. The number of H-pyrrole nitrogens is 1. The summed E-state index contributed by atoms with van der Waals surface area (Å²) in [5, 5.41) is 9.98. The minimum atomic E-state index is -3.12. The molecule has 1 aliphatic rings. The number of nitriles is 1. The second kappa shape index (κ2) is 6.96. The number of rotatable bonds is 4. The standard InChI is InChI=1S/C18H18F2N4O3/c1-10(15(22)17(26)24-9-18(19,20)6-11(24)7-21)27-14-8-23-16(25)13-5-3-2-4-12(13)14/h2-5,8,10-11,15H,6,9,22H2,1H3,(H,23,25)/t10-,11?,15+/m1/s1. The van der Waals surface area contributed by atoms with Gasteiger partial charge in [-0.3, -0.25) is 9.59 Å². The zero-order valence-corrected chi connectivity index (χ0v) is 14.5. The Kier molecular flexibility index (Phi) is 4.85. The van der Waals surface area contributed by atoms with Gasteiger partial charge in [-0.05, 0) is 13.0 Å². The summed E-state index contributed by atoms with van der Waals surface area (Å²) >= 11 is 0. The smallest absolute Gasteiger partial charge is 0.268 e. The number of nitrogens with zero attached hydrogens (tertiary/aromatic N) is 2. The van der Waals surface area contributed by atoms with Crippen LogP contribution in [0, 0.1) is 11.3 Å². The highest BCUT2D eigenvalue weighted by atomic mass is 19.3. The molecule has 1 amide bonds. The molecule has 3 atom stereocenters. The van der Waals surface area contributed by atoms with Gasteiger partial charge in [-0.25, -0.2) is 8.78 Å². The lowest BCUT2D eigenvalue weighted by Gasteiger charge is -2.27. The highest BCUT2D eigenvalue weighted by Gasteiger charge is 2.48. The Balaban J connectivity index is 1.80. The molecule has 1 aromatic carbocycles. The summed E-state index contributed by atoms with van der Waals surface area (Å²) < 4.78 is 32.9. The minimum Gasteiger partial charge on any atom is -0.486 e. The Bertz CT molecular complexity index is 969. The number of aromatic nitrogens is 1. The molecule has 1 unspecified atom stereocenters. The maximum atomic E-state index is 13.6. The molecule has 1 aromatic heterocycles. The van der Waals surface area contributed by atoms with Crippen molar-refractivity contribution in [3.8, 4) is 11.8 Å². The van der Waals surface area contributed by atoms with E-state index in [1.54, 1.807) is 30.3 Å². The summed E-state index contributed by atoms with van der Waals surface area (Å²) in [6, 6.07) is 5.99. The molecule has 2 heterocycles. The number of nitrogens with one attached hydrogen (secondary N) is 1. The molecule has 3 rings (SSSR count). The molecule has 1 fully saturated rings. The van der Waals surface area contributed by atoms with Gasteiger partial charge in [0.25, 0.3) is 11.5 Å². The van der Waals surface area contributed by atoms with Gasteiger partial charge < -0.3 is 20.4 Å². The summed E-state index contributed by atoms with van der Waals surface area (Å²) in [6.45, 7) is 0.685. The van der Waals surface area contributed by atoms with Crippen LogP contribution < -0.4 is 16.0 Å². The Labute approximate surface area is 153 Å². The molecule has 0 radical (unpaired) electrons. The molecule has 27 heavy (non-hydrogen) atoms. The van der Waals surface area contributed by atoms with Crippen LogP contribution >= 0.6 is 0 Å². The summed E-state index contributed by atoms with van der Waals surface area (Å²) in [7, 11) is 0. The van der Waals surface area contributed by atoms with Gasteiger partial charge in [-0.2, -0.15) is 5.26 Å². The van der Waals surface area contributed by atoms with E-state index in [1.165, 1.54) is 13.1 Å². The number of hydrogen-bond donors (Lipinski definition) is 2. The van der Waals surface area contributed by atoms with Crippen molar-refractivity contribution in [1.82, 2.24) is 9.88 Å². The fourth-order valence-corrected chi connectivity index (χ4v) is 3.11. The van der Waals surface area contributed by atoms with E-state index in [2.05, 4.69) is 4.98 Å². The van der Waals surface area contributed by atoms with Crippen molar-refractivity contribution in [2.24, 2.45) is 5.73 Å². The average Bonchev–Trinajstić information content (AvgIpc) is 2.97. The third kappa shape index (κ3) is 3.61. The number of ether oxygens (including phenoxy) is 1. The topological polar surface area (TPSA) is 112 Å². The fraction of sp³-hybridized carbons (Fsp3) is 0.389. The van der Waals surface area contributed by atoms with E-state index in [1.807, 2.05) is 0 Å². The Morgan fingerprint density at radius 1 is 1.44 bits per heavy atom. The number of amides is 1. The SMILES string of the molecule is C[C@@H](Oc1c[nH]c(=O)c2ccccc12)[C@H](N)C(=O)N1CC(F)(F)CC1C#N. The van der Waals surface area contributed by atoms with Crippen molar-refractivity contribution in [1.29, 1.82) is 5.26 Å². The molecule has 7 nitrogen and oxygen atoms in total. The van der Waals surface area contributed by atoms with Crippen LogP contribution in [0.5, 0.6) is 5.75 Å². The number of halogens is 2. The largest absolute Gasteiger partial charge is 0.486 e. The maximum absolute atomic E-state index is 13.6. The van der Waals surface area contributed by atoms with Crippen LogP contribution in [0.15, 0.2) is 35.3 Å². The normalized spacial score (nSPS) is 20.9. The van der Waals surface area contributed by atoms with E-state index < -0.39 is 43.0 Å². The third-order valence-electron chi connectivity index (χ3n) is 4.58. The van der Waals surface area contributed by atoms with Gasteiger partial charge in [-0.1, -0.05) is 18.2 Å². The van der Waals surface area contributed by atoms with Crippen molar-refractivity contribution < 1.29 is 18.3 Å². The molecule has 1 aliphatic heterocycles. The molecule has 2 aromatic rings. The first kappa shape index (κ1) is 18.8. The highest BCUT2D eigenvalue weighted by Crippen LogP contribution is 2.32. The maximum Gasteiger partial charge on any atom is 0.268 e. The number of likely N-dealkylation sites (tertiary alicyclic amines) is 1. The summed E-state index contributed by atoms with van der Waals surface area (Å²) in [6.07, 6.45) is -0.220. The zero-order chi connectivity index (χ0) is 19.8. The predicted octanol–water partition coefficient (Wildman–Crippen LogP) is 1.38. The lowest BCUT2D eigenvalue weighted by molar-refractivity contribution is -0.135. The van der Waals surface area contributed by atoms with Crippen LogP contribution in [-0.4, -0.2) is 46.4 Å². The number of alkyl halides is 2. The first-order chi connectivity index (χ1) is 12.7. The van der Waals surface area contributed by atoms with Crippen molar-refractivity contribution in [2.45, 2.75) is 37.5 Å². The van der Waals surface area contributed by atoms with E-state index in [-0.39, 0.29) is 5.56 Å². The van der Waals surface area contributed by atoms with Gasteiger partial charge >= 0.3 is 0 Å². The quantitative estimate of drug-likeness (QED) is 0.837. The van der Waals surface area contributed by atoms with Crippen molar-refractivity contribution in [3.63, 3.8) is 0 Å². The number of nitrogens with two attached hydrogens (primary N) is 1. The van der Waals surface area contributed by atoms with Crippen LogP contribution in [-0.2, 0) is 4.79 Å². The number of fused-ring (bicyclic) bond motifs is 1. The molecule has 3 N–H and O–H groups in total. The van der Waals surface area contributed by atoms with Gasteiger partial charge in [0.1, 0.15) is 23.9 Å². The molecule has 0 spiro atoms. The van der Waals surface area contributed by atoms with E-state index >= 15 is 0 Å². The van der Waals surface area contributed by atoms with Crippen LogP contribution in [0.4, 0.5) is 8.78 Å². The van der Waals surface area contributed by atoms with Crippen LogP contribution in [0.3, 0.4) is 0 Å². The molecule has 1 saturated heterocycles. The second-order valence-electron chi connectivity index (χ2n) is 6.55. The molecule has 9 heteroatoms. The van der Waals surface area contributed by atoms with Gasteiger partial charge in [0.15, 0.2) is 0 Å². The van der Waals surface area contributed by atoms with Gasteiger partial charge in [0.05, 0.1) is 18.0 Å². The Morgan fingerprint density at radius 2 is 2.11 bits per heavy atom. The summed E-state index contributed by atoms with van der Waals surface area (Å²) in [5.74, 6) is -3.58. The summed E-state index contributed by atoms with van der Waals surface area (Å²) in [5.41, 5.74) is 5.64. The van der Waals surface area contributed by atoms with Crippen LogP contribution in [0.1, 0.15) is 13.3 Å². The van der Waals surface area contributed by atoms with E-state index in [0.717, 1.165) is 4.90 Å². The predicted molar refractivity (Wildman–Crippen MR) is 93.3 cm³/mol. The molecule has 0 saturated carbocycles.